The minimum absolute atomic E-state index is 0.0230. The first kappa shape index (κ1) is 14.9. The molecule has 1 aliphatic rings. The normalized spacial score (nSPS) is 17.4. The van der Waals surface area contributed by atoms with E-state index >= 15 is 0 Å². The van der Waals surface area contributed by atoms with Crippen molar-refractivity contribution in [2.24, 2.45) is 0 Å². The third-order valence-corrected chi connectivity index (χ3v) is 4.15. The van der Waals surface area contributed by atoms with Crippen molar-refractivity contribution >= 4 is 28.2 Å². The van der Waals surface area contributed by atoms with Crippen molar-refractivity contribution in [3.63, 3.8) is 0 Å². The van der Waals surface area contributed by atoms with Crippen molar-refractivity contribution in [2.75, 3.05) is 18.5 Å². The predicted octanol–water partition coefficient (Wildman–Crippen LogP) is 2.12. The number of pyridine rings is 1. The summed E-state index contributed by atoms with van der Waals surface area (Å²) >= 11 is 1.46. The predicted molar refractivity (Wildman–Crippen MR) is 85.3 cm³/mol. The maximum Gasteiger partial charge on any atom is 0.226 e. The van der Waals surface area contributed by atoms with Crippen LogP contribution in [0.25, 0.3) is 0 Å². The van der Waals surface area contributed by atoms with Gasteiger partial charge in [-0.15, -0.1) is 11.3 Å². The maximum absolute atomic E-state index is 11.9. The molecule has 1 amide bonds. The summed E-state index contributed by atoms with van der Waals surface area (Å²) in [5.41, 5.74) is 0.758. The van der Waals surface area contributed by atoms with Gasteiger partial charge < -0.3 is 15.4 Å². The molecular formula is C15H18N4O2S. The molecule has 7 heteroatoms. The second kappa shape index (κ2) is 7.33. The summed E-state index contributed by atoms with van der Waals surface area (Å²) in [5.74, 6) is 0.719. The van der Waals surface area contributed by atoms with Crippen LogP contribution in [0.1, 0.15) is 18.5 Å². The molecule has 116 valence electrons. The lowest BCUT2D eigenvalue weighted by Gasteiger charge is -2.09. The van der Waals surface area contributed by atoms with E-state index in [1.54, 1.807) is 6.20 Å². The Hall–Kier alpha value is -1.99. The molecule has 0 aromatic carbocycles. The highest BCUT2D eigenvalue weighted by Gasteiger charge is 2.16. The number of carbonyl (C=O) groups is 1. The zero-order valence-corrected chi connectivity index (χ0v) is 12.9. The average Bonchev–Trinajstić information content (AvgIpc) is 3.18. The molecule has 1 aliphatic heterocycles. The number of hydrogen-bond donors (Lipinski definition) is 2. The lowest BCUT2D eigenvalue weighted by Crippen LogP contribution is -2.32. The number of carbonyl (C=O) groups excluding carboxylic acids is 1. The van der Waals surface area contributed by atoms with Gasteiger partial charge in [0.1, 0.15) is 5.82 Å². The lowest BCUT2D eigenvalue weighted by atomic mass is 10.2. The molecule has 22 heavy (non-hydrogen) atoms. The fourth-order valence-corrected chi connectivity index (χ4v) is 2.97. The van der Waals surface area contributed by atoms with Crippen molar-refractivity contribution < 1.29 is 9.53 Å². The number of thiazole rings is 1. The van der Waals surface area contributed by atoms with Crippen LogP contribution in [0.4, 0.5) is 10.9 Å². The third kappa shape index (κ3) is 4.25. The van der Waals surface area contributed by atoms with Crippen LogP contribution in [0.3, 0.4) is 0 Å². The van der Waals surface area contributed by atoms with Crippen molar-refractivity contribution in [3.8, 4) is 0 Å². The number of rotatable bonds is 6. The van der Waals surface area contributed by atoms with Gasteiger partial charge in [-0.3, -0.25) is 4.79 Å². The molecule has 2 N–H and O–H groups in total. The van der Waals surface area contributed by atoms with E-state index in [1.807, 2.05) is 23.6 Å². The van der Waals surface area contributed by atoms with E-state index in [0.29, 0.717) is 6.54 Å². The van der Waals surface area contributed by atoms with Gasteiger partial charge in [0, 0.05) is 24.7 Å². The molecule has 0 saturated carbocycles. The molecule has 0 radical (unpaired) electrons. The lowest BCUT2D eigenvalue weighted by molar-refractivity contribution is -0.121. The first-order valence-electron chi connectivity index (χ1n) is 7.30. The van der Waals surface area contributed by atoms with Gasteiger partial charge in [-0.05, 0) is 25.0 Å². The van der Waals surface area contributed by atoms with Crippen molar-refractivity contribution in [1.29, 1.82) is 0 Å². The summed E-state index contributed by atoms with van der Waals surface area (Å²) in [6.07, 6.45) is 4.27. The molecule has 6 nitrogen and oxygen atoms in total. The number of amides is 1. The Morgan fingerprint density at radius 3 is 3.18 bits per heavy atom. The maximum atomic E-state index is 11.9. The number of aromatic nitrogens is 2. The van der Waals surface area contributed by atoms with E-state index in [9.17, 15) is 4.79 Å². The molecule has 3 heterocycles. The monoisotopic (exact) mass is 318 g/mol. The molecule has 3 rings (SSSR count). The molecule has 1 unspecified atom stereocenters. The van der Waals surface area contributed by atoms with Crippen LogP contribution in [-0.2, 0) is 16.0 Å². The first-order valence-corrected chi connectivity index (χ1v) is 8.18. The van der Waals surface area contributed by atoms with Gasteiger partial charge >= 0.3 is 0 Å². The number of anilines is 2. The van der Waals surface area contributed by atoms with Crippen LogP contribution in [0.5, 0.6) is 0 Å². The third-order valence-electron chi connectivity index (χ3n) is 3.34. The standard InChI is InChI=1S/C15H18N4O2S/c20-14(17-9-12-4-3-7-21-12)8-11-10-22-15(18-11)19-13-5-1-2-6-16-13/h1-2,5-6,10,12H,3-4,7-9H2,(H,17,20)(H,16,18,19). The smallest absolute Gasteiger partial charge is 0.226 e. The quantitative estimate of drug-likeness (QED) is 0.853. The van der Waals surface area contributed by atoms with Gasteiger partial charge in [0.25, 0.3) is 0 Å². The van der Waals surface area contributed by atoms with Gasteiger partial charge in [-0.2, -0.15) is 0 Å². The van der Waals surface area contributed by atoms with E-state index in [2.05, 4.69) is 20.6 Å². The van der Waals surface area contributed by atoms with E-state index in [0.717, 1.165) is 36.1 Å². The Balaban J connectivity index is 1.47. The summed E-state index contributed by atoms with van der Waals surface area (Å²) in [6, 6.07) is 5.63. The molecule has 2 aromatic rings. The molecule has 1 fully saturated rings. The zero-order valence-electron chi connectivity index (χ0n) is 12.1. The molecular weight excluding hydrogens is 300 g/mol. The average molecular weight is 318 g/mol. The Bertz CT molecular complexity index is 611. The van der Waals surface area contributed by atoms with Gasteiger partial charge in [-0.25, -0.2) is 9.97 Å². The summed E-state index contributed by atoms with van der Waals surface area (Å²) in [7, 11) is 0. The van der Waals surface area contributed by atoms with E-state index < -0.39 is 0 Å². The fourth-order valence-electron chi connectivity index (χ4n) is 2.25. The van der Waals surface area contributed by atoms with Gasteiger partial charge in [0.15, 0.2) is 5.13 Å². The Morgan fingerprint density at radius 1 is 1.45 bits per heavy atom. The number of hydrogen-bond acceptors (Lipinski definition) is 6. The fraction of sp³-hybridized carbons (Fsp3) is 0.400. The summed E-state index contributed by atoms with van der Waals surface area (Å²) in [4.78, 5) is 20.5. The Kier molecular flexibility index (Phi) is 4.97. The number of nitrogens with one attached hydrogen (secondary N) is 2. The second-order valence-corrected chi connectivity index (χ2v) is 5.96. The molecule has 0 spiro atoms. The van der Waals surface area contributed by atoms with Crippen molar-refractivity contribution in [3.05, 3.63) is 35.5 Å². The molecule has 0 bridgehead atoms. The molecule has 2 aromatic heterocycles. The molecule has 0 aliphatic carbocycles. The van der Waals surface area contributed by atoms with E-state index in [4.69, 9.17) is 4.74 Å². The zero-order chi connectivity index (χ0) is 15.2. The Morgan fingerprint density at radius 2 is 2.41 bits per heavy atom. The van der Waals surface area contributed by atoms with Crippen LogP contribution in [0.2, 0.25) is 0 Å². The van der Waals surface area contributed by atoms with Gasteiger partial charge in [-0.1, -0.05) is 6.07 Å². The van der Waals surface area contributed by atoms with Gasteiger partial charge in [0.2, 0.25) is 5.91 Å². The topological polar surface area (TPSA) is 76.1 Å². The summed E-state index contributed by atoms with van der Waals surface area (Å²) in [5, 5.41) is 8.64. The van der Waals surface area contributed by atoms with Crippen LogP contribution < -0.4 is 10.6 Å². The second-order valence-electron chi connectivity index (χ2n) is 5.10. The van der Waals surface area contributed by atoms with E-state index in [-0.39, 0.29) is 18.4 Å². The van der Waals surface area contributed by atoms with E-state index in [1.165, 1.54) is 11.3 Å². The summed E-state index contributed by atoms with van der Waals surface area (Å²) in [6.45, 7) is 1.39. The van der Waals surface area contributed by atoms with Crippen LogP contribution in [-0.4, -0.2) is 35.1 Å². The minimum Gasteiger partial charge on any atom is -0.376 e. The molecule has 1 atom stereocenters. The van der Waals surface area contributed by atoms with Crippen molar-refractivity contribution in [2.45, 2.75) is 25.4 Å². The van der Waals surface area contributed by atoms with Gasteiger partial charge in [0.05, 0.1) is 18.2 Å². The highest BCUT2D eigenvalue weighted by atomic mass is 32.1. The Labute approximate surface area is 132 Å². The highest BCUT2D eigenvalue weighted by molar-refractivity contribution is 7.13. The van der Waals surface area contributed by atoms with Crippen LogP contribution in [0, 0.1) is 0 Å². The van der Waals surface area contributed by atoms with Crippen LogP contribution in [0.15, 0.2) is 29.8 Å². The van der Waals surface area contributed by atoms with Crippen molar-refractivity contribution in [1.82, 2.24) is 15.3 Å². The SMILES string of the molecule is O=C(Cc1csc(Nc2ccccn2)n1)NCC1CCCO1. The highest BCUT2D eigenvalue weighted by Crippen LogP contribution is 2.19. The minimum atomic E-state index is -0.0230. The number of nitrogens with zero attached hydrogens (tertiary/aromatic N) is 2. The first-order chi connectivity index (χ1) is 10.8. The largest absolute Gasteiger partial charge is 0.376 e. The van der Waals surface area contributed by atoms with Crippen LogP contribution >= 0.6 is 11.3 Å². The number of ether oxygens (including phenoxy) is 1. The summed E-state index contributed by atoms with van der Waals surface area (Å²) < 4.78 is 5.48. The molecule has 1 saturated heterocycles.